The first-order chi connectivity index (χ1) is 9.85. The summed E-state index contributed by atoms with van der Waals surface area (Å²) in [6, 6.07) is 12.7. The van der Waals surface area contributed by atoms with Gasteiger partial charge in [0.1, 0.15) is 5.82 Å². The lowest BCUT2D eigenvalue weighted by atomic mass is 9.82. The Morgan fingerprint density at radius 1 is 1.10 bits per heavy atom. The second-order valence-electron chi connectivity index (χ2n) is 5.89. The molecule has 0 heterocycles. The summed E-state index contributed by atoms with van der Waals surface area (Å²) in [5.41, 5.74) is 2.72. The molecule has 0 saturated carbocycles. The Morgan fingerprint density at radius 2 is 1.71 bits per heavy atom. The molecule has 0 aliphatic carbocycles. The van der Waals surface area contributed by atoms with Crippen LogP contribution in [0.25, 0.3) is 0 Å². The van der Waals surface area contributed by atoms with Gasteiger partial charge >= 0.3 is 0 Å². The van der Waals surface area contributed by atoms with Gasteiger partial charge in [0.05, 0.1) is 5.38 Å². The molecule has 112 valence electrons. The van der Waals surface area contributed by atoms with E-state index in [0.29, 0.717) is 10.6 Å². The highest BCUT2D eigenvalue weighted by Gasteiger charge is 2.20. The van der Waals surface area contributed by atoms with E-state index in [2.05, 4.69) is 32.9 Å². The van der Waals surface area contributed by atoms with Crippen molar-refractivity contribution < 1.29 is 4.39 Å². The van der Waals surface area contributed by atoms with Crippen molar-refractivity contribution in [2.24, 2.45) is 0 Å². The van der Waals surface area contributed by atoms with Crippen molar-refractivity contribution in [3.8, 4) is 0 Å². The van der Waals surface area contributed by atoms with Crippen molar-refractivity contribution in [1.29, 1.82) is 0 Å². The van der Waals surface area contributed by atoms with E-state index in [0.717, 1.165) is 12.0 Å². The highest BCUT2D eigenvalue weighted by Crippen LogP contribution is 2.33. The van der Waals surface area contributed by atoms with Crippen LogP contribution in [0.3, 0.4) is 0 Å². The van der Waals surface area contributed by atoms with E-state index in [-0.39, 0.29) is 11.2 Å². The van der Waals surface area contributed by atoms with Gasteiger partial charge in [-0.3, -0.25) is 0 Å². The van der Waals surface area contributed by atoms with Crippen molar-refractivity contribution in [3.63, 3.8) is 0 Å². The quantitative estimate of drug-likeness (QED) is 0.563. The van der Waals surface area contributed by atoms with Gasteiger partial charge in [-0.05, 0) is 35.1 Å². The van der Waals surface area contributed by atoms with E-state index in [4.69, 9.17) is 23.2 Å². The molecule has 2 aromatic carbocycles. The Kier molecular flexibility index (Phi) is 4.95. The van der Waals surface area contributed by atoms with Gasteiger partial charge in [0.2, 0.25) is 0 Å². The third kappa shape index (κ3) is 3.59. The van der Waals surface area contributed by atoms with Gasteiger partial charge in [0.25, 0.3) is 0 Å². The molecule has 0 saturated heterocycles. The lowest BCUT2D eigenvalue weighted by Gasteiger charge is -2.24. The van der Waals surface area contributed by atoms with E-state index >= 15 is 0 Å². The summed E-state index contributed by atoms with van der Waals surface area (Å²) in [6.07, 6.45) is 1.06. The molecule has 21 heavy (non-hydrogen) atoms. The first-order valence-electron chi connectivity index (χ1n) is 7.04. The molecule has 0 aromatic heterocycles. The minimum absolute atomic E-state index is 0.131. The molecule has 1 unspecified atom stereocenters. The first-order valence-corrected chi connectivity index (χ1v) is 7.86. The van der Waals surface area contributed by atoms with E-state index < -0.39 is 5.38 Å². The van der Waals surface area contributed by atoms with Crippen molar-refractivity contribution >= 4 is 23.2 Å². The van der Waals surface area contributed by atoms with E-state index in [1.165, 1.54) is 11.6 Å². The second-order valence-corrected chi connectivity index (χ2v) is 6.76. The Morgan fingerprint density at radius 3 is 2.24 bits per heavy atom. The van der Waals surface area contributed by atoms with Gasteiger partial charge in [-0.2, -0.15) is 0 Å². The molecule has 0 nitrogen and oxygen atoms in total. The van der Waals surface area contributed by atoms with Crippen LogP contribution in [-0.4, -0.2) is 0 Å². The molecule has 0 aliphatic heterocycles. The molecule has 2 aromatic rings. The maximum atomic E-state index is 13.9. The number of hydrogen-bond donors (Lipinski definition) is 0. The van der Waals surface area contributed by atoms with Gasteiger partial charge in [-0.1, -0.05) is 62.7 Å². The Bertz CT molecular complexity index is 618. The maximum Gasteiger partial charge on any atom is 0.129 e. The Balaban J connectivity index is 2.30. The summed E-state index contributed by atoms with van der Waals surface area (Å²) in [7, 11) is 0. The minimum Gasteiger partial charge on any atom is -0.207 e. The largest absolute Gasteiger partial charge is 0.207 e. The topological polar surface area (TPSA) is 0 Å². The van der Waals surface area contributed by atoms with Crippen LogP contribution in [0, 0.1) is 5.82 Å². The third-order valence-electron chi connectivity index (χ3n) is 4.10. The number of benzene rings is 2. The monoisotopic (exact) mass is 324 g/mol. The standard InChI is InChI=1S/C18H19Cl2F/c1-4-18(2,3)13-7-5-12(6-8-13)17(20)15-10-9-14(19)11-16(15)21/h5-11,17H,4H2,1-3H3. The molecule has 0 radical (unpaired) electrons. The van der Waals surface area contributed by atoms with Crippen LogP contribution >= 0.6 is 23.2 Å². The van der Waals surface area contributed by atoms with Crippen LogP contribution in [0.1, 0.15) is 49.3 Å². The molecule has 3 heteroatoms. The highest BCUT2D eigenvalue weighted by molar-refractivity contribution is 6.30. The average molecular weight is 325 g/mol. The fraction of sp³-hybridized carbons (Fsp3) is 0.333. The first kappa shape index (κ1) is 16.3. The zero-order valence-electron chi connectivity index (χ0n) is 12.5. The number of rotatable bonds is 4. The van der Waals surface area contributed by atoms with Crippen molar-refractivity contribution in [2.45, 2.75) is 38.0 Å². The predicted octanol–water partition coefficient (Wildman–Crippen LogP) is 6.49. The number of hydrogen-bond acceptors (Lipinski definition) is 0. The van der Waals surface area contributed by atoms with E-state index in [9.17, 15) is 4.39 Å². The zero-order chi connectivity index (χ0) is 15.6. The van der Waals surface area contributed by atoms with Crippen LogP contribution < -0.4 is 0 Å². The summed E-state index contributed by atoms with van der Waals surface area (Å²) in [4.78, 5) is 0. The molecule has 0 fully saturated rings. The average Bonchev–Trinajstić information content (AvgIpc) is 2.47. The van der Waals surface area contributed by atoms with Gasteiger partial charge in [0.15, 0.2) is 0 Å². The van der Waals surface area contributed by atoms with Gasteiger partial charge in [-0.15, -0.1) is 11.6 Å². The van der Waals surface area contributed by atoms with Crippen LogP contribution in [0.2, 0.25) is 5.02 Å². The third-order valence-corrected chi connectivity index (χ3v) is 4.83. The number of alkyl halides is 1. The second kappa shape index (κ2) is 6.37. The molecule has 0 aliphatic rings. The summed E-state index contributed by atoms with van der Waals surface area (Å²) < 4.78 is 13.9. The predicted molar refractivity (Wildman–Crippen MR) is 88.9 cm³/mol. The Labute approximate surface area is 135 Å². The van der Waals surface area contributed by atoms with E-state index in [1.54, 1.807) is 12.1 Å². The van der Waals surface area contributed by atoms with Crippen LogP contribution in [-0.2, 0) is 5.41 Å². The van der Waals surface area contributed by atoms with Crippen LogP contribution in [0.4, 0.5) is 4.39 Å². The van der Waals surface area contributed by atoms with Gasteiger partial charge in [0, 0.05) is 10.6 Å². The molecule has 0 spiro atoms. The SMILES string of the molecule is CCC(C)(C)c1ccc(C(Cl)c2ccc(Cl)cc2F)cc1. The molecular weight excluding hydrogens is 306 g/mol. The highest BCUT2D eigenvalue weighted by atomic mass is 35.5. The Hall–Kier alpha value is -1.05. The normalized spacial score (nSPS) is 13.2. The fourth-order valence-corrected chi connectivity index (χ4v) is 2.68. The van der Waals surface area contributed by atoms with Crippen LogP contribution in [0.5, 0.6) is 0 Å². The molecule has 1 atom stereocenters. The molecule has 0 N–H and O–H groups in total. The minimum atomic E-state index is -0.513. The summed E-state index contributed by atoms with van der Waals surface area (Å²) in [6.45, 7) is 6.58. The smallest absolute Gasteiger partial charge is 0.129 e. The summed E-state index contributed by atoms with van der Waals surface area (Å²) in [5, 5.41) is -0.138. The molecule has 0 amide bonds. The zero-order valence-corrected chi connectivity index (χ0v) is 14.0. The summed E-state index contributed by atoms with van der Waals surface area (Å²) in [5.74, 6) is -0.375. The molecule has 0 bridgehead atoms. The van der Waals surface area contributed by atoms with Crippen molar-refractivity contribution in [1.82, 2.24) is 0 Å². The lowest BCUT2D eigenvalue weighted by molar-refractivity contribution is 0.506. The van der Waals surface area contributed by atoms with Gasteiger partial charge < -0.3 is 0 Å². The van der Waals surface area contributed by atoms with Crippen LogP contribution in [0.15, 0.2) is 42.5 Å². The molecular formula is C18H19Cl2F. The molecule has 2 rings (SSSR count). The van der Waals surface area contributed by atoms with E-state index in [1.807, 2.05) is 12.1 Å². The fourth-order valence-electron chi connectivity index (χ4n) is 2.19. The van der Waals surface area contributed by atoms with Crippen molar-refractivity contribution in [3.05, 3.63) is 70.0 Å². The van der Waals surface area contributed by atoms with Gasteiger partial charge in [-0.25, -0.2) is 4.39 Å². The van der Waals surface area contributed by atoms with Crippen molar-refractivity contribution in [2.75, 3.05) is 0 Å². The lowest BCUT2D eigenvalue weighted by Crippen LogP contribution is -2.15. The summed E-state index contributed by atoms with van der Waals surface area (Å²) >= 11 is 12.2. The number of halogens is 3. The maximum absolute atomic E-state index is 13.9.